The second kappa shape index (κ2) is 35.6. The van der Waals surface area contributed by atoms with Gasteiger partial charge in [0.25, 0.3) is 0 Å². The van der Waals surface area contributed by atoms with Crippen molar-refractivity contribution in [2.75, 3.05) is 24.7 Å². The monoisotopic (exact) mass is 950 g/mol. The maximum atomic E-state index is 13.5. The number of amides is 1. The van der Waals surface area contributed by atoms with Gasteiger partial charge in [0.15, 0.2) is 0 Å². The molecule has 0 aromatic heterocycles. The molecule has 0 heterocycles. The predicted molar refractivity (Wildman–Crippen MR) is 277 cm³/mol. The standard InChI is InChI=1S/C57H91NO8S/c1-6-8-10-12-14-16-18-20-22-24-26-28-30-40-53(59)63-42-46(65-54(60)41-31-29-27-25-23-21-19-17-15-13-11-9-7-2)44-67-45-52(55(61)66-57(3,4)5)58-56(62)64-43-51-49-38-34-32-36-47(49)48-37-33-35-39-50(48)51/h32-39,46,51-52H,6-31,40-45H2,1-5H3,(H,58,62)/t46-,52-/m0/s1. The zero-order chi connectivity index (χ0) is 48.4. The molecule has 0 spiro atoms. The lowest BCUT2D eigenvalue weighted by Crippen LogP contribution is -2.46. The Balaban J connectivity index is 1.48. The second-order valence-corrected chi connectivity index (χ2v) is 20.9. The molecule has 67 heavy (non-hydrogen) atoms. The molecule has 10 heteroatoms. The van der Waals surface area contributed by atoms with E-state index in [0.29, 0.717) is 12.8 Å². The molecule has 9 nitrogen and oxygen atoms in total. The van der Waals surface area contributed by atoms with E-state index in [0.717, 1.165) is 60.8 Å². The lowest BCUT2D eigenvalue weighted by molar-refractivity contribution is -0.158. The first kappa shape index (κ1) is 57.8. The average molecular weight is 950 g/mol. The van der Waals surface area contributed by atoms with Crippen LogP contribution in [0.25, 0.3) is 11.1 Å². The number of carbonyl (C=O) groups is 4. The van der Waals surface area contributed by atoms with Gasteiger partial charge < -0.3 is 24.3 Å². The molecule has 0 radical (unpaired) electrons. The van der Waals surface area contributed by atoms with Crippen LogP contribution >= 0.6 is 11.8 Å². The van der Waals surface area contributed by atoms with Crippen molar-refractivity contribution >= 4 is 35.8 Å². The van der Waals surface area contributed by atoms with Gasteiger partial charge in [-0.1, -0.05) is 216 Å². The SMILES string of the molecule is CCCCCCCCCCCCCCCC(=O)OC[C@@H](CSC[C@H](NC(=O)OCC1c2ccccc2-c2ccccc21)C(=O)OC(C)(C)C)OC(=O)CCCCCCCCCCCCCCC. The normalized spacial score (nSPS) is 13.1. The molecule has 1 amide bonds. The highest BCUT2D eigenvalue weighted by Crippen LogP contribution is 2.44. The van der Waals surface area contributed by atoms with Gasteiger partial charge in [-0.3, -0.25) is 9.59 Å². The van der Waals surface area contributed by atoms with Crippen LogP contribution in [0, 0.1) is 0 Å². The molecule has 2 aromatic carbocycles. The summed E-state index contributed by atoms with van der Waals surface area (Å²) in [5.74, 6) is -0.930. The molecule has 0 unspecified atom stereocenters. The van der Waals surface area contributed by atoms with Gasteiger partial charge >= 0.3 is 24.0 Å². The molecule has 2 aromatic rings. The van der Waals surface area contributed by atoms with Crippen LogP contribution in [0.2, 0.25) is 0 Å². The summed E-state index contributed by atoms with van der Waals surface area (Å²) in [6.07, 6.45) is 31.1. The van der Waals surface area contributed by atoms with Crippen LogP contribution in [0.3, 0.4) is 0 Å². The van der Waals surface area contributed by atoms with Crippen LogP contribution < -0.4 is 5.32 Å². The number of hydrogen-bond acceptors (Lipinski definition) is 9. The van der Waals surface area contributed by atoms with Gasteiger partial charge in [-0.05, 0) is 55.9 Å². The van der Waals surface area contributed by atoms with Crippen molar-refractivity contribution in [3.05, 3.63) is 59.7 Å². The molecule has 1 aliphatic carbocycles. The van der Waals surface area contributed by atoms with Gasteiger partial charge in [0.1, 0.15) is 31.0 Å². The van der Waals surface area contributed by atoms with E-state index >= 15 is 0 Å². The van der Waals surface area contributed by atoms with Crippen molar-refractivity contribution in [3.63, 3.8) is 0 Å². The maximum absolute atomic E-state index is 13.5. The lowest BCUT2D eigenvalue weighted by atomic mass is 9.98. The highest BCUT2D eigenvalue weighted by Gasteiger charge is 2.31. The third-order valence-corrected chi connectivity index (χ3v) is 13.8. The number of carbonyl (C=O) groups excluding carboxylic acids is 4. The molecule has 0 fully saturated rings. The minimum absolute atomic E-state index is 0.0640. The zero-order valence-corrected chi connectivity index (χ0v) is 43.5. The smallest absolute Gasteiger partial charge is 0.407 e. The minimum Gasteiger partial charge on any atom is -0.462 e. The summed E-state index contributed by atoms with van der Waals surface area (Å²) >= 11 is 1.33. The fourth-order valence-corrected chi connectivity index (χ4v) is 9.85. The summed E-state index contributed by atoms with van der Waals surface area (Å²) in [4.78, 5) is 52.8. The maximum Gasteiger partial charge on any atom is 0.407 e. The van der Waals surface area contributed by atoms with Crippen LogP contribution in [0.15, 0.2) is 48.5 Å². The average Bonchev–Trinajstić information content (AvgIpc) is 3.62. The van der Waals surface area contributed by atoms with E-state index in [2.05, 4.69) is 43.4 Å². The summed E-state index contributed by atoms with van der Waals surface area (Å²) in [7, 11) is 0. The van der Waals surface area contributed by atoms with Crippen molar-refractivity contribution in [3.8, 4) is 11.1 Å². The fourth-order valence-electron chi connectivity index (χ4n) is 8.83. The molecule has 378 valence electrons. The number of nitrogens with one attached hydrogen (secondary N) is 1. The molecule has 2 atom stereocenters. The van der Waals surface area contributed by atoms with Crippen LogP contribution in [-0.4, -0.2) is 66.5 Å². The Hall–Kier alpha value is -3.53. The number of benzene rings is 2. The predicted octanol–water partition coefficient (Wildman–Crippen LogP) is 15.4. The molecule has 0 aliphatic heterocycles. The van der Waals surface area contributed by atoms with Crippen LogP contribution in [0.4, 0.5) is 4.79 Å². The summed E-state index contributed by atoms with van der Waals surface area (Å²) in [5.41, 5.74) is 3.65. The first-order valence-electron chi connectivity index (χ1n) is 26.8. The van der Waals surface area contributed by atoms with E-state index in [9.17, 15) is 19.2 Å². The number of unbranched alkanes of at least 4 members (excludes halogenated alkanes) is 24. The number of ether oxygens (including phenoxy) is 4. The van der Waals surface area contributed by atoms with E-state index in [-0.39, 0.29) is 42.6 Å². The Morgan fingerprint density at radius 1 is 0.552 bits per heavy atom. The van der Waals surface area contributed by atoms with E-state index in [1.165, 1.54) is 140 Å². The molecular weight excluding hydrogens is 859 g/mol. The van der Waals surface area contributed by atoms with E-state index in [1.54, 1.807) is 20.8 Å². The van der Waals surface area contributed by atoms with E-state index in [1.807, 2.05) is 24.3 Å². The third kappa shape index (κ3) is 26.1. The molecule has 0 bridgehead atoms. The Morgan fingerprint density at radius 3 is 1.42 bits per heavy atom. The van der Waals surface area contributed by atoms with Crippen molar-refractivity contribution in [1.29, 1.82) is 0 Å². The quantitative estimate of drug-likeness (QED) is 0.0397. The number of rotatable bonds is 39. The van der Waals surface area contributed by atoms with E-state index < -0.39 is 29.8 Å². The van der Waals surface area contributed by atoms with Crippen LogP contribution in [0.5, 0.6) is 0 Å². The molecule has 1 N–H and O–H groups in total. The molecule has 1 aliphatic rings. The summed E-state index contributed by atoms with van der Waals surface area (Å²) < 4.78 is 23.1. The van der Waals surface area contributed by atoms with Crippen molar-refractivity contribution in [2.24, 2.45) is 0 Å². The van der Waals surface area contributed by atoms with Crippen molar-refractivity contribution in [2.45, 2.75) is 238 Å². The molecule has 0 saturated carbocycles. The molecule has 0 saturated heterocycles. The lowest BCUT2D eigenvalue weighted by Gasteiger charge is -2.25. The molecule has 3 rings (SSSR count). The summed E-state index contributed by atoms with van der Waals surface area (Å²) in [6, 6.07) is 15.2. The summed E-state index contributed by atoms with van der Waals surface area (Å²) in [6.45, 7) is 9.89. The van der Waals surface area contributed by atoms with Gasteiger partial charge in [-0.15, -0.1) is 0 Å². The first-order chi connectivity index (χ1) is 32.5. The summed E-state index contributed by atoms with van der Waals surface area (Å²) in [5, 5.41) is 2.75. The zero-order valence-electron chi connectivity index (χ0n) is 42.7. The molecular formula is C57H91NO8S. The Kier molecular flexibility index (Phi) is 30.7. The largest absolute Gasteiger partial charge is 0.462 e. The van der Waals surface area contributed by atoms with Gasteiger partial charge in [0.05, 0.1) is 0 Å². The van der Waals surface area contributed by atoms with Crippen molar-refractivity contribution < 1.29 is 38.1 Å². The minimum atomic E-state index is -1.03. The van der Waals surface area contributed by atoms with Gasteiger partial charge in [-0.2, -0.15) is 11.8 Å². The second-order valence-electron chi connectivity index (χ2n) is 19.9. The topological polar surface area (TPSA) is 117 Å². The van der Waals surface area contributed by atoms with Crippen molar-refractivity contribution in [1.82, 2.24) is 5.32 Å². The highest BCUT2D eigenvalue weighted by atomic mass is 32.2. The Morgan fingerprint density at radius 2 is 0.970 bits per heavy atom. The van der Waals surface area contributed by atoms with Gasteiger partial charge in [-0.25, -0.2) is 9.59 Å². The van der Waals surface area contributed by atoms with Gasteiger partial charge in [0.2, 0.25) is 0 Å². The van der Waals surface area contributed by atoms with E-state index in [4.69, 9.17) is 18.9 Å². The highest BCUT2D eigenvalue weighted by molar-refractivity contribution is 7.99. The number of fused-ring (bicyclic) bond motifs is 3. The fraction of sp³-hybridized carbons (Fsp3) is 0.719. The first-order valence-corrected chi connectivity index (χ1v) is 27.9. The number of alkyl carbamates (subject to hydrolysis) is 1. The Bertz CT molecular complexity index is 1610. The van der Waals surface area contributed by atoms with Gasteiger partial charge in [0, 0.05) is 30.3 Å². The number of hydrogen-bond donors (Lipinski definition) is 1. The number of thioether (sulfide) groups is 1. The Labute approximate surface area is 411 Å². The van der Waals surface area contributed by atoms with Crippen LogP contribution in [0.1, 0.15) is 231 Å². The third-order valence-electron chi connectivity index (χ3n) is 12.6. The van der Waals surface area contributed by atoms with Crippen LogP contribution in [-0.2, 0) is 33.3 Å². The number of esters is 3.